The van der Waals surface area contributed by atoms with Crippen molar-refractivity contribution < 1.29 is 4.79 Å². The molecule has 1 unspecified atom stereocenters. The minimum atomic E-state index is -0.624. The highest BCUT2D eigenvalue weighted by Gasteiger charge is 2.26. The number of halogens is 1. The Morgan fingerprint density at radius 3 is 2.85 bits per heavy atom. The first kappa shape index (κ1) is 21.2. The normalized spacial score (nSPS) is 15.2. The van der Waals surface area contributed by atoms with Crippen LogP contribution in [0.5, 0.6) is 0 Å². The number of piperazine rings is 1. The predicted molar refractivity (Wildman–Crippen MR) is 125 cm³/mol. The van der Waals surface area contributed by atoms with Gasteiger partial charge in [0.2, 0.25) is 0 Å². The third-order valence-corrected chi connectivity index (χ3v) is 5.93. The standard InChI is InChI=1S/C21H22ClN9O2/c1-12(26-20(32)16-17(23)28-30-9-3-6-25-19(16)30)18-27-14-5-2-4-13(22)15(14)21(33)31(18)29-10-7-24-8-11-29/h2-6,9,12,24H,7-8,10-11H2,1H3,(H2,23,28)(H,26,32). The molecule has 170 valence electrons. The van der Waals surface area contributed by atoms with Gasteiger partial charge >= 0.3 is 0 Å². The number of carbonyl (C=O) groups excluding carboxylic acids is 1. The molecule has 0 spiro atoms. The second-order valence-electron chi connectivity index (χ2n) is 7.77. The molecule has 1 aliphatic heterocycles. The van der Waals surface area contributed by atoms with Crippen molar-refractivity contribution >= 4 is 39.9 Å². The molecule has 3 aromatic heterocycles. The first-order chi connectivity index (χ1) is 16.0. The van der Waals surface area contributed by atoms with Crippen LogP contribution < -0.4 is 26.9 Å². The molecule has 1 saturated heterocycles. The van der Waals surface area contributed by atoms with Crippen molar-refractivity contribution in [2.75, 3.05) is 36.9 Å². The van der Waals surface area contributed by atoms with Gasteiger partial charge < -0.3 is 21.4 Å². The van der Waals surface area contributed by atoms with Gasteiger partial charge in [0, 0.05) is 38.6 Å². The number of anilines is 1. The van der Waals surface area contributed by atoms with Crippen LogP contribution in [-0.4, -0.2) is 56.3 Å². The maximum atomic E-state index is 13.5. The Morgan fingerprint density at radius 2 is 2.06 bits per heavy atom. The van der Waals surface area contributed by atoms with Gasteiger partial charge in [-0.3, -0.25) is 9.59 Å². The molecule has 1 atom stereocenters. The van der Waals surface area contributed by atoms with Gasteiger partial charge in [0.15, 0.2) is 17.3 Å². The largest absolute Gasteiger partial charge is 0.381 e. The van der Waals surface area contributed by atoms with Gasteiger partial charge in [-0.25, -0.2) is 19.2 Å². The Balaban J connectivity index is 1.59. The van der Waals surface area contributed by atoms with Gasteiger partial charge in [0.25, 0.3) is 11.5 Å². The number of benzene rings is 1. The van der Waals surface area contributed by atoms with E-state index < -0.39 is 11.9 Å². The number of carbonyl (C=O) groups is 1. The van der Waals surface area contributed by atoms with Crippen LogP contribution in [-0.2, 0) is 0 Å². The maximum absolute atomic E-state index is 13.5. The van der Waals surface area contributed by atoms with E-state index >= 15 is 0 Å². The fourth-order valence-electron chi connectivity index (χ4n) is 4.06. The van der Waals surface area contributed by atoms with Crippen LogP contribution in [0, 0.1) is 0 Å². The van der Waals surface area contributed by atoms with E-state index in [0.29, 0.717) is 40.5 Å². The summed E-state index contributed by atoms with van der Waals surface area (Å²) in [7, 11) is 0. The summed E-state index contributed by atoms with van der Waals surface area (Å²) in [5.74, 6) is 0.00479. The van der Waals surface area contributed by atoms with Gasteiger partial charge in [0.1, 0.15) is 5.56 Å². The number of hydrogen-bond acceptors (Lipinski definition) is 8. The number of nitrogens with one attached hydrogen (secondary N) is 2. The summed E-state index contributed by atoms with van der Waals surface area (Å²) in [6.07, 6.45) is 3.23. The van der Waals surface area contributed by atoms with Crippen LogP contribution in [0.25, 0.3) is 16.6 Å². The summed E-state index contributed by atoms with van der Waals surface area (Å²) in [5.41, 5.74) is 6.70. The van der Waals surface area contributed by atoms with E-state index in [-0.39, 0.29) is 16.9 Å². The van der Waals surface area contributed by atoms with Gasteiger partial charge in [-0.05, 0) is 25.1 Å². The molecule has 1 aromatic carbocycles. The SMILES string of the molecule is CC(NC(=O)c1c(N)nn2cccnc12)c1nc2cccc(Cl)c2c(=O)n1N1CCNCC1. The highest BCUT2D eigenvalue weighted by molar-refractivity contribution is 6.35. The molecule has 0 bridgehead atoms. The molecule has 5 rings (SSSR count). The highest BCUT2D eigenvalue weighted by Crippen LogP contribution is 2.22. The van der Waals surface area contributed by atoms with Crippen molar-refractivity contribution in [1.29, 1.82) is 0 Å². The maximum Gasteiger partial charge on any atom is 0.281 e. The fraction of sp³-hybridized carbons (Fsp3) is 0.286. The van der Waals surface area contributed by atoms with Gasteiger partial charge in [0.05, 0.1) is 22.0 Å². The Morgan fingerprint density at radius 1 is 1.27 bits per heavy atom. The molecule has 0 saturated carbocycles. The van der Waals surface area contributed by atoms with E-state index in [9.17, 15) is 9.59 Å². The van der Waals surface area contributed by atoms with Crippen molar-refractivity contribution in [2.45, 2.75) is 13.0 Å². The number of fused-ring (bicyclic) bond motifs is 2. The van der Waals surface area contributed by atoms with E-state index in [4.69, 9.17) is 22.3 Å². The quantitative estimate of drug-likeness (QED) is 0.399. The summed E-state index contributed by atoms with van der Waals surface area (Å²) >= 11 is 6.35. The Labute approximate surface area is 193 Å². The van der Waals surface area contributed by atoms with Crippen molar-refractivity contribution in [1.82, 2.24) is 34.9 Å². The average Bonchev–Trinajstić information content (AvgIpc) is 3.15. The molecule has 0 aliphatic carbocycles. The zero-order valence-corrected chi connectivity index (χ0v) is 18.6. The molecule has 12 heteroatoms. The summed E-state index contributed by atoms with van der Waals surface area (Å²) in [6.45, 7) is 4.42. The van der Waals surface area contributed by atoms with Crippen LogP contribution in [0.4, 0.5) is 5.82 Å². The number of rotatable bonds is 4. The first-order valence-electron chi connectivity index (χ1n) is 10.5. The Hall–Kier alpha value is -3.70. The minimum absolute atomic E-state index is 0.0659. The number of nitrogen functional groups attached to an aromatic ring is 1. The average molecular weight is 468 g/mol. The molecule has 11 nitrogen and oxygen atoms in total. The van der Waals surface area contributed by atoms with Crippen LogP contribution >= 0.6 is 11.6 Å². The van der Waals surface area contributed by atoms with Crippen molar-refractivity contribution in [2.24, 2.45) is 0 Å². The first-order valence-corrected chi connectivity index (χ1v) is 10.9. The second kappa shape index (κ2) is 8.34. The lowest BCUT2D eigenvalue weighted by Gasteiger charge is -2.33. The molecule has 33 heavy (non-hydrogen) atoms. The highest BCUT2D eigenvalue weighted by atomic mass is 35.5. The van der Waals surface area contributed by atoms with Crippen LogP contribution in [0.3, 0.4) is 0 Å². The molecular weight excluding hydrogens is 446 g/mol. The lowest BCUT2D eigenvalue weighted by atomic mass is 10.2. The van der Waals surface area contributed by atoms with E-state index in [0.717, 1.165) is 13.1 Å². The van der Waals surface area contributed by atoms with Crippen LogP contribution in [0.15, 0.2) is 41.5 Å². The smallest absolute Gasteiger partial charge is 0.281 e. The molecule has 4 heterocycles. The molecule has 0 radical (unpaired) electrons. The van der Waals surface area contributed by atoms with Gasteiger partial charge in [-0.2, -0.15) is 0 Å². The lowest BCUT2D eigenvalue weighted by molar-refractivity contribution is 0.0939. The van der Waals surface area contributed by atoms with Crippen LogP contribution in [0.2, 0.25) is 5.02 Å². The molecule has 4 N–H and O–H groups in total. The monoisotopic (exact) mass is 467 g/mol. The number of nitrogens with zero attached hydrogens (tertiary/aromatic N) is 6. The Kier molecular flexibility index (Phi) is 5.35. The molecule has 1 aliphatic rings. The van der Waals surface area contributed by atoms with E-state index in [1.54, 1.807) is 43.6 Å². The van der Waals surface area contributed by atoms with Gasteiger partial charge in [-0.15, -0.1) is 5.10 Å². The molecule has 1 fully saturated rings. The fourth-order valence-corrected chi connectivity index (χ4v) is 4.31. The van der Waals surface area contributed by atoms with Crippen molar-refractivity contribution in [3.63, 3.8) is 0 Å². The van der Waals surface area contributed by atoms with E-state index in [1.807, 2.05) is 5.01 Å². The number of aromatic nitrogens is 5. The van der Waals surface area contributed by atoms with Gasteiger partial charge in [-0.1, -0.05) is 17.7 Å². The topological polar surface area (TPSA) is 135 Å². The predicted octanol–water partition coefficient (Wildman–Crippen LogP) is 0.707. The number of nitrogens with two attached hydrogens (primary N) is 1. The zero-order valence-electron chi connectivity index (χ0n) is 17.8. The lowest BCUT2D eigenvalue weighted by Crippen LogP contribution is -2.54. The summed E-state index contributed by atoms with van der Waals surface area (Å²) in [5, 5.41) is 12.9. The summed E-state index contributed by atoms with van der Waals surface area (Å²) < 4.78 is 2.97. The second-order valence-corrected chi connectivity index (χ2v) is 8.18. The minimum Gasteiger partial charge on any atom is -0.381 e. The molecular formula is C21H22ClN9O2. The molecule has 1 amide bonds. The van der Waals surface area contributed by atoms with E-state index in [2.05, 4.69) is 20.7 Å². The number of hydrogen-bond donors (Lipinski definition) is 3. The third kappa shape index (κ3) is 3.64. The van der Waals surface area contributed by atoms with Crippen molar-refractivity contribution in [3.05, 3.63) is 63.4 Å². The summed E-state index contributed by atoms with van der Waals surface area (Å²) in [4.78, 5) is 35.7. The number of amides is 1. The third-order valence-electron chi connectivity index (χ3n) is 5.61. The van der Waals surface area contributed by atoms with E-state index in [1.165, 1.54) is 9.19 Å². The van der Waals surface area contributed by atoms with Crippen molar-refractivity contribution in [3.8, 4) is 0 Å². The molecule has 4 aromatic rings. The Bertz CT molecular complexity index is 1420. The summed E-state index contributed by atoms with van der Waals surface area (Å²) in [6, 6.07) is 6.21. The zero-order chi connectivity index (χ0) is 23.1. The van der Waals surface area contributed by atoms with Crippen LogP contribution in [0.1, 0.15) is 29.1 Å².